The molecule has 3 rings (SSSR count). The maximum absolute atomic E-state index is 12.4. The van der Waals surface area contributed by atoms with Crippen LogP contribution in [0.1, 0.15) is 31.7 Å². The molecule has 0 spiro atoms. The summed E-state index contributed by atoms with van der Waals surface area (Å²) >= 11 is 0. The van der Waals surface area contributed by atoms with Crippen molar-refractivity contribution in [1.29, 1.82) is 0 Å². The highest BCUT2D eigenvalue weighted by Gasteiger charge is 2.21. The monoisotopic (exact) mass is 441 g/mol. The topological polar surface area (TPSA) is 72.5 Å². The van der Waals surface area contributed by atoms with Crippen LogP contribution < -0.4 is 20.1 Å². The summed E-state index contributed by atoms with van der Waals surface area (Å²) in [5.74, 6) is 1.89. The average Bonchev–Trinajstić information content (AvgIpc) is 2.73. The van der Waals surface area contributed by atoms with Crippen LogP contribution in [0, 0.1) is 5.92 Å². The zero-order valence-corrected chi connectivity index (χ0v) is 18.2. The molecule has 2 heterocycles. The number of carbonyl (C=O) groups is 1. The van der Waals surface area contributed by atoms with Gasteiger partial charge < -0.3 is 20.1 Å². The summed E-state index contributed by atoms with van der Waals surface area (Å²) in [5.41, 5.74) is 0.833. The minimum atomic E-state index is 0. The maximum atomic E-state index is 12.4. The lowest BCUT2D eigenvalue weighted by atomic mass is 9.99. The number of para-hydroxylation sites is 2. The van der Waals surface area contributed by atoms with Crippen LogP contribution in [0.25, 0.3) is 0 Å². The number of amides is 1. The van der Waals surface area contributed by atoms with Crippen molar-refractivity contribution in [1.82, 2.24) is 15.6 Å². The van der Waals surface area contributed by atoms with Gasteiger partial charge in [0.1, 0.15) is 0 Å². The van der Waals surface area contributed by atoms with Gasteiger partial charge in [-0.15, -0.1) is 24.8 Å². The summed E-state index contributed by atoms with van der Waals surface area (Å²) in [6, 6.07) is 11.3. The Balaban J connectivity index is 0.00000210. The zero-order valence-electron chi connectivity index (χ0n) is 16.6. The van der Waals surface area contributed by atoms with Gasteiger partial charge in [0.25, 0.3) is 0 Å². The van der Waals surface area contributed by atoms with Crippen LogP contribution in [0.2, 0.25) is 0 Å². The van der Waals surface area contributed by atoms with Gasteiger partial charge in [-0.3, -0.25) is 4.79 Å². The van der Waals surface area contributed by atoms with E-state index in [2.05, 4.69) is 22.5 Å². The highest BCUT2D eigenvalue weighted by molar-refractivity contribution is 5.85. The molecule has 0 saturated carbocycles. The van der Waals surface area contributed by atoms with Crippen molar-refractivity contribution < 1.29 is 14.3 Å². The summed E-state index contributed by atoms with van der Waals surface area (Å²) < 4.78 is 11.8. The molecule has 1 aromatic carbocycles. The number of piperidine rings is 1. The number of nitrogens with one attached hydrogen (secondary N) is 2. The Labute approximate surface area is 184 Å². The molecule has 1 aromatic heterocycles. The maximum Gasteiger partial charge on any atom is 0.224 e. The number of rotatable bonds is 8. The summed E-state index contributed by atoms with van der Waals surface area (Å²) in [7, 11) is 0. The van der Waals surface area contributed by atoms with E-state index in [0.717, 1.165) is 37.9 Å². The fourth-order valence-electron chi connectivity index (χ4n) is 3.02. The van der Waals surface area contributed by atoms with Gasteiger partial charge >= 0.3 is 0 Å². The number of aromatic nitrogens is 1. The van der Waals surface area contributed by atoms with E-state index in [-0.39, 0.29) is 36.6 Å². The molecule has 8 heteroatoms. The summed E-state index contributed by atoms with van der Waals surface area (Å²) in [6.45, 7) is 4.80. The van der Waals surface area contributed by atoms with E-state index < -0.39 is 0 Å². The summed E-state index contributed by atoms with van der Waals surface area (Å²) in [5, 5.41) is 6.28. The van der Waals surface area contributed by atoms with Crippen molar-refractivity contribution in [3.63, 3.8) is 0 Å². The zero-order chi connectivity index (χ0) is 18.9. The second-order valence-corrected chi connectivity index (χ2v) is 6.63. The van der Waals surface area contributed by atoms with Gasteiger partial charge in [-0.05, 0) is 44.0 Å². The molecule has 6 nitrogen and oxygen atoms in total. The van der Waals surface area contributed by atoms with Gasteiger partial charge in [-0.2, -0.15) is 0 Å². The van der Waals surface area contributed by atoms with Crippen LogP contribution in [0.3, 0.4) is 0 Å². The van der Waals surface area contributed by atoms with Crippen molar-refractivity contribution in [2.24, 2.45) is 5.92 Å². The Morgan fingerprint density at radius 1 is 1.21 bits per heavy atom. The van der Waals surface area contributed by atoms with Crippen LogP contribution in [-0.4, -0.2) is 30.6 Å². The van der Waals surface area contributed by atoms with Crippen LogP contribution in [-0.2, 0) is 11.3 Å². The normalized spacial score (nSPS) is 15.4. The standard InChI is InChI=1S/C21H27N3O3.2ClH/c1-2-13-26-18-9-3-4-10-19(18)27-21-17(8-6-12-23-21)15-24-20(25)16-7-5-11-22-14-16;;/h3-4,6,8-10,12,16,22H,2,5,7,11,13-15H2,1H3,(H,24,25);2*1H. The van der Waals surface area contributed by atoms with Crippen LogP contribution in [0.15, 0.2) is 42.6 Å². The van der Waals surface area contributed by atoms with Crippen LogP contribution in [0.4, 0.5) is 0 Å². The number of carbonyl (C=O) groups excluding carboxylic acids is 1. The second-order valence-electron chi connectivity index (χ2n) is 6.63. The van der Waals surface area contributed by atoms with Crippen LogP contribution in [0.5, 0.6) is 17.4 Å². The van der Waals surface area contributed by atoms with Crippen molar-refractivity contribution in [3.05, 3.63) is 48.2 Å². The minimum absolute atomic E-state index is 0. The Bertz CT molecular complexity index is 755. The molecular formula is C21H29Cl2N3O3. The van der Waals surface area contributed by atoms with Crippen molar-refractivity contribution in [3.8, 4) is 17.4 Å². The van der Waals surface area contributed by atoms with E-state index in [1.54, 1.807) is 6.20 Å². The first kappa shape index (κ1) is 25.0. The molecule has 1 aliphatic heterocycles. The fourth-order valence-corrected chi connectivity index (χ4v) is 3.02. The molecule has 1 aliphatic rings. The Morgan fingerprint density at radius 2 is 2.00 bits per heavy atom. The smallest absolute Gasteiger partial charge is 0.224 e. The molecule has 0 bridgehead atoms. The fraction of sp³-hybridized carbons (Fsp3) is 0.429. The predicted molar refractivity (Wildman–Crippen MR) is 118 cm³/mol. The van der Waals surface area contributed by atoms with E-state index >= 15 is 0 Å². The van der Waals surface area contributed by atoms with E-state index in [1.165, 1.54) is 0 Å². The molecule has 1 fully saturated rings. The van der Waals surface area contributed by atoms with E-state index in [1.807, 2.05) is 36.4 Å². The van der Waals surface area contributed by atoms with Crippen LogP contribution >= 0.6 is 24.8 Å². The molecule has 0 radical (unpaired) electrons. The average molecular weight is 442 g/mol. The largest absolute Gasteiger partial charge is 0.490 e. The second kappa shape index (κ2) is 13.2. The number of benzene rings is 1. The number of ether oxygens (including phenoxy) is 2. The molecule has 29 heavy (non-hydrogen) atoms. The minimum Gasteiger partial charge on any atom is -0.490 e. The van der Waals surface area contributed by atoms with Gasteiger partial charge in [0.2, 0.25) is 11.8 Å². The van der Waals surface area contributed by atoms with E-state index in [4.69, 9.17) is 9.47 Å². The summed E-state index contributed by atoms with van der Waals surface area (Å²) in [4.78, 5) is 16.7. The number of halogens is 2. The molecule has 0 aliphatic carbocycles. The third-order valence-electron chi connectivity index (χ3n) is 4.49. The molecule has 1 saturated heterocycles. The van der Waals surface area contributed by atoms with Gasteiger partial charge in [0.05, 0.1) is 12.5 Å². The first-order valence-electron chi connectivity index (χ1n) is 9.60. The van der Waals surface area contributed by atoms with Gasteiger partial charge in [0, 0.05) is 24.8 Å². The lowest BCUT2D eigenvalue weighted by Crippen LogP contribution is -2.40. The molecular weight excluding hydrogens is 413 g/mol. The molecule has 2 aromatic rings. The van der Waals surface area contributed by atoms with Gasteiger partial charge in [-0.1, -0.05) is 25.1 Å². The Hall–Kier alpha value is -2.02. The van der Waals surface area contributed by atoms with Crippen molar-refractivity contribution >= 4 is 30.7 Å². The number of pyridine rings is 1. The Morgan fingerprint density at radius 3 is 2.72 bits per heavy atom. The lowest BCUT2D eigenvalue weighted by Gasteiger charge is -2.22. The molecule has 160 valence electrons. The summed E-state index contributed by atoms with van der Waals surface area (Å²) in [6.07, 6.45) is 4.57. The molecule has 1 amide bonds. The van der Waals surface area contributed by atoms with Crippen molar-refractivity contribution in [2.75, 3.05) is 19.7 Å². The number of hydrogen-bond donors (Lipinski definition) is 2. The quantitative estimate of drug-likeness (QED) is 0.644. The molecule has 1 atom stereocenters. The van der Waals surface area contributed by atoms with Gasteiger partial charge in [0.15, 0.2) is 11.5 Å². The lowest BCUT2D eigenvalue weighted by molar-refractivity contribution is -0.125. The van der Waals surface area contributed by atoms with Gasteiger partial charge in [-0.25, -0.2) is 4.98 Å². The molecule has 1 unspecified atom stereocenters. The molecule has 2 N–H and O–H groups in total. The van der Waals surface area contributed by atoms with E-state index in [0.29, 0.717) is 30.5 Å². The van der Waals surface area contributed by atoms with Crippen molar-refractivity contribution in [2.45, 2.75) is 32.7 Å². The highest BCUT2D eigenvalue weighted by atomic mass is 35.5. The third kappa shape index (κ3) is 7.38. The SMILES string of the molecule is CCCOc1ccccc1Oc1ncccc1CNC(=O)C1CCCNC1.Cl.Cl. The first-order chi connectivity index (χ1) is 13.3. The first-order valence-corrected chi connectivity index (χ1v) is 9.60. The highest BCUT2D eigenvalue weighted by Crippen LogP contribution is 2.31. The Kier molecular flexibility index (Phi) is 11.4. The predicted octanol–water partition coefficient (Wildman–Crippen LogP) is 4.12. The third-order valence-corrected chi connectivity index (χ3v) is 4.49. The number of hydrogen-bond acceptors (Lipinski definition) is 5. The van der Waals surface area contributed by atoms with E-state index in [9.17, 15) is 4.79 Å². The number of nitrogens with zero attached hydrogens (tertiary/aromatic N) is 1.